The maximum atomic E-state index is 10.9. The molecular weight excluding hydrogens is 162 g/mol. The minimum Gasteiger partial charge on any atom is -0.447 e. The lowest BCUT2D eigenvalue weighted by Crippen LogP contribution is -2.31. The van der Waals surface area contributed by atoms with Gasteiger partial charge in [-0.05, 0) is 0 Å². The first-order chi connectivity index (χ1) is 5.72. The van der Waals surface area contributed by atoms with Crippen molar-refractivity contribution in [2.45, 2.75) is 0 Å². The van der Waals surface area contributed by atoms with E-state index in [1.54, 1.807) is 14.2 Å². The van der Waals surface area contributed by atoms with Crippen molar-refractivity contribution in [2.24, 2.45) is 0 Å². The third kappa shape index (κ3) is 4.92. The molecule has 0 heterocycles. The highest BCUT2D eigenvalue weighted by Crippen LogP contribution is 1.89. The lowest BCUT2D eigenvalue weighted by molar-refractivity contribution is 0.0816. The van der Waals surface area contributed by atoms with E-state index in [1.807, 2.05) is 0 Å². The van der Waals surface area contributed by atoms with Gasteiger partial charge >= 0.3 is 6.09 Å². The first-order valence-electron chi connectivity index (χ1n) is 3.70. The highest BCUT2D eigenvalue weighted by atomic mass is 16.6. The molecule has 72 valence electrons. The topological polar surface area (TPSA) is 59.0 Å². The van der Waals surface area contributed by atoms with Crippen molar-refractivity contribution in [3.63, 3.8) is 0 Å². The minimum absolute atomic E-state index is 0.0379. The van der Waals surface area contributed by atoms with Gasteiger partial charge in [0.05, 0.1) is 13.2 Å². The number of nitrogens with zero attached hydrogens (tertiary/aromatic N) is 1. The van der Waals surface area contributed by atoms with Crippen LogP contribution >= 0.6 is 0 Å². The predicted octanol–water partition coefficient (Wildman–Crippen LogP) is -0.306. The summed E-state index contributed by atoms with van der Waals surface area (Å²) in [6.07, 6.45) is -0.443. The summed E-state index contributed by atoms with van der Waals surface area (Å²) in [7, 11) is 3.17. The fourth-order valence-electron chi connectivity index (χ4n) is 0.563. The summed E-state index contributed by atoms with van der Waals surface area (Å²) in [5.74, 6) is 0. The van der Waals surface area contributed by atoms with Gasteiger partial charge in [-0.25, -0.2) is 4.79 Å². The Morgan fingerprint density at radius 1 is 1.50 bits per heavy atom. The highest BCUT2D eigenvalue weighted by Gasteiger charge is 2.07. The number of aliphatic hydroxyl groups excluding tert-OH is 1. The van der Waals surface area contributed by atoms with E-state index in [9.17, 15) is 4.79 Å². The molecule has 0 spiro atoms. The van der Waals surface area contributed by atoms with Crippen molar-refractivity contribution in [3.05, 3.63) is 0 Å². The number of hydrogen-bond donors (Lipinski definition) is 1. The molecule has 0 aromatic heterocycles. The lowest BCUT2D eigenvalue weighted by Gasteiger charge is -2.15. The van der Waals surface area contributed by atoms with E-state index in [0.717, 1.165) is 0 Å². The van der Waals surface area contributed by atoms with E-state index < -0.39 is 6.09 Å². The van der Waals surface area contributed by atoms with Gasteiger partial charge in [-0.3, -0.25) is 0 Å². The number of carbonyl (C=O) groups is 1. The molecular formula is C7H15NO4. The summed E-state index contributed by atoms with van der Waals surface area (Å²) in [6, 6.07) is 0. The highest BCUT2D eigenvalue weighted by molar-refractivity contribution is 5.67. The van der Waals surface area contributed by atoms with Gasteiger partial charge in [0.2, 0.25) is 0 Å². The molecule has 0 rings (SSSR count). The molecule has 0 saturated heterocycles. The van der Waals surface area contributed by atoms with Crippen LogP contribution < -0.4 is 0 Å². The summed E-state index contributed by atoms with van der Waals surface area (Å²) in [6.45, 7) is 0.853. The number of ether oxygens (including phenoxy) is 2. The molecule has 0 aliphatic rings. The van der Waals surface area contributed by atoms with E-state index in [4.69, 9.17) is 9.84 Å². The second-order valence-electron chi connectivity index (χ2n) is 2.25. The number of hydrogen-bond acceptors (Lipinski definition) is 4. The number of carbonyl (C=O) groups excluding carboxylic acids is 1. The molecule has 0 bridgehead atoms. The Labute approximate surface area is 71.9 Å². The molecule has 5 heteroatoms. The van der Waals surface area contributed by atoms with Crippen LogP contribution in [0, 0.1) is 0 Å². The fraction of sp³-hybridized carbons (Fsp3) is 0.857. The summed E-state index contributed by atoms with van der Waals surface area (Å²) in [4.78, 5) is 12.3. The average Bonchev–Trinajstić information content (AvgIpc) is 2.10. The molecule has 0 radical (unpaired) electrons. The number of amides is 1. The molecule has 0 aromatic carbocycles. The van der Waals surface area contributed by atoms with Gasteiger partial charge in [0.15, 0.2) is 0 Å². The standard InChI is InChI=1S/C7H15NO4/c1-8(3-5-11-2)7(10)12-6-4-9/h9H,3-6H2,1-2H3. The first kappa shape index (κ1) is 11.2. The zero-order valence-corrected chi connectivity index (χ0v) is 7.45. The van der Waals surface area contributed by atoms with Crippen molar-refractivity contribution in [3.8, 4) is 0 Å². The van der Waals surface area contributed by atoms with Gasteiger partial charge in [-0.2, -0.15) is 0 Å². The lowest BCUT2D eigenvalue weighted by atomic mass is 10.6. The van der Waals surface area contributed by atoms with E-state index in [2.05, 4.69) is 4.74 Å². The van der Waals surface area contributed by atoms with Crippen LogP contribution in [0.15, 0.2) is 0 Å². The Kier molecular flexibility index (Phi) is 6.41. The Bertz CT molecular complexity index is 129. The van der Waals surface area contributed by atoms with E-state index in [0.29, 0.717) is 13.2 Å². The minimum atomic E-state index is -0.443. The van der Waals surface area contributed by atoms with Crippen LogP contribution in [0.5, 0.6) is 0 Å². The molecule has 0 aromatic rings. The summed E-state index contributed by atoms with van der Waals surface area (Å²) >= 11 is 0. The monoisotopic (exact) mass is 177 g/mol. The second kappa shape index (κ2) is 6.87. The maximum Gasteiger partial charge on any atom is 0.409 e. The molecule has 0 unspecified atom stereocenters. The molecule has 0 fully saturated rings. The molecule has 0 saturated carbocycles. The Morgan fingerprint density at radius 2 is 2.17 bits per heavy atom. The van der Waals surface area contributed by atoms with Crippen LogP contribution in [-0.4, -0.2) is 56.6 Å². The Balaban J connectivity index is 3.47. The van der Waals surface area contributed by atoms with Crippen molar-refractivity contribution < 1.29 is 19.4 Å². The largest absolute Gasteiger partial charge is 0.447 e. The summed E-state index contributed by atoms with van der Waals surface area (Å²) < 4.78 is 9.40. The van der Waals surface area contributed by atoms with Gasteiger partial charge in [-0.15, -0.1) is 0 Å². The second-order valence-corrected chi connectivity index (χ2v) is 2.25. The fourth-order valence-corrected chi connectivity index (χ4v) is 0.563. The Morgan fingerprint density at radius 3 is 2.67 bits per heavy atom. The molecule has 0 atom stereocenters. The first-order valence-corrected chi connectivity index (χ1v) is 3.70. The summed E-state index contributed by atoms with van der Waals surface area (Å²) in [5, 5.41) is 8.35. The average molecular weight is 177 g/mol. The molecule has 1 N–H and O–H groups in total. The van der Waals surface area contributed by atoms with Crippen LogP contribution in [-0.2, 0) is 9.47 Å². The SMILES string of the molecule is COCCN(C)C(=O)OCCO. The van der Waals surface area contributed by atoms with Gasteiger partial charge < -0.3 is 19.5 Å². The van der Waals surface area contributed by atoms with Crippen LogP contribution in [0.4, 0.5) is 4.79 Å². The third-order valence-electron chi connectivity index (χ3n) is 1.26. The van der Waals surface area contributed by atoms with Crippen molar-refractivity contribution in [1.82, 2.24) is 4.90 Å². The quantitative estimate of drug-likeness (QED) is 0.626. The molecule has 0 aliphatic heterocycles. The molecule has 5 nitrogen and oxygen atoms in total. The third-order valence-corrected chi connectivity index (χ3v) is 1.26. The number of methoxy groups -OCH3 is 1. The zero-order valence-electron chi connectivity index (χ0n) is 7.45. The van der Waals surface area contributed by atoms with E-state index >= 15 is 0 Å². The molecule has 12 heavy (non-hydrogen) atoms. The van der Waals surface area contributed by atoms with Crippen LogP contribution in [0.25, 0.3) is 0 Å². The van der Waals surface area contributed by atoms with E-state index in [-0.39, 0.29) is 13.2 Å². The Hall–Kier alpha value is -0.810. The number of rotatable bonds is 5. The van der Waals surface area contributed by atoms with Crippen LogP contribution in [0.3, 0.4) is 0 Å². The van der Waals surface area contributed by atoms with Gasteiger partial charge in [0.25, 0.3) is 0 Å². The zero-order chi connectivity index (χ0) is 9.40. The maximum absolute atomic E-state index is 10.9. The molecule has 0 aliphatic carbocycles. The smallest absolute Gasteiger partial charge is 0.409 e. The number of likely N-dealkylation sites (N-methyl/N-ethyl adjacent to an activating group) is 1. The van der Waals surface area contributed by atoms with Crippen molar-refractivity contribution in [1.29, 1.82) is 0 Å². The summed E-state index contributed by atoms with van der Waals surface area (Å²) in [5.41, 5.74) is 0. The molecule has 1 amide bonds. The van der Waals surface area contributed by atoms with Gasteiger partial charge in [0.1, 0.15) is 6.61 Å². The van der Waals surface area contributed by atoms with Crippen LogP contribution in [0.1, 0.15) is 0 Å². The van der Waals surface area contributed by atoms with Gasteiger partial charge in [-0.1, -0.05) is 0 Å². The van der Waals surface area contributed by atoms with Crippen molar-refractivity contribution in [2.75, 3.05) is 40.5 Å². The van der Waals surface area contributed by atoms with Crippen LogP contribution in [0.2, 0.25) is 0 Å². The van der Waals surface area contributed by atoms with Gasteiger partial charge in [0, 0.05) is 20.7 Å². The van der Waals surface area contributed by atoms with E-state index in [1.165, 1.54) is 4.90 Å². The number of aliphatic hydroxyl groups is 1. The normalized spacial score (nSPS) is 9.58. The van der Waals surface area contributed by atoms with Crippen molar-refractivity contribution >= 4 is 6.09 Å². The predicted molar refractivity (Wildman–Crippen MR) is 42.9 cm³/mol.